The van der Waals surface area contributed by atoms with Gasteiger partial charge in [-0.15, -0.1) is 0 Å². The molecule has 0 aliphatic carbocycles. The zero-order chi connectivity index (χ0) is 13.0. The molecule has 0 unspecified atom stereocenters. The smallest absolute Gasteiger partial charge is 0.227 e. The Hall–Kier alpha value is -2.17. The van der Waals surface area contributed by atoms with Crippen LogP contribution in [0.15, 0.2) is 35.1 Å². The fraction of sp³-hybridized carbons (Fsp3) is 0.231. The van der Waals surface area contributed by atoms with E-state index in [0.717, 1.165) is 0 Å². The third-order valence-electron chi connectivity index (χ3n) is 2.60. The predicted octanol–water partition coefficient (Wildman–Crippen LogP) is 1.98. The van der Waals surface area contributed by atoms with E-state index in [1.165, 1.54) is 12.5 Å². The van der Waals surface area contributed by atoms with E-state index in [2.05, 4.69) is 10.3 Å². The minimum Gasteiger partial charge on any atom is -0.448 e. The zero-order valence-corrected chi connectivity index (χ0v) is 9.94. The maximum absolute atomic E-state index is 13.3. The van der Waals surface area contributed by atoms with Gasteiger partial charge in [0.1, 0.15) is 11.6 Å². The molecular weight excluding hydrogens is 235 g/mol. The summed E-state index contributed by atoms with van der Waals surface area (Å²) in [6.45, 7) is 1.93. The molecule has 94 valence electrons. The van der Waals surface area contributed by atoms with Crippen LogP contribution in [0.1, 0.15) is 17.0 Å². The van der Waals surface area contributed by atoms with E-state index < -0.39 is 0 Å². The fourth-order valence-electron chi connectivity index (χ4n) is 1.54. The number of benzene rings is 1. The highest BCUT2D eigenvalue weighted by Gasteiger charge is 2.10. The third-order valence-corrected chi connectivity index (χ3v) is 2.60. The van der Waals surface area contributed by atoms with Crippen molar-refractivity contribution in [2.75, 3.05) is 0 Å². The van der Waals surface area contributed by atoms with Gasteiger partial charge in [0.2, 0.25) is 5.91 Å². The van der Waals surface area contributed by atoms with Crippen LogP contribution in [0.2, 0.25) is 0 Å². The molecule has 1 N–H and O–H groups in total. The van der Waals surface area contributed by atoms with Gasteiger partial charge in [-0.1, -0.05) is 18.2 Å². The average Bonchev–Trinajstić information content (AvgIpc) is 2.74. The summed E-state index contributed by atoms with van der Waals surface area (Å²) in [4.78, 5) is 15.5. The van der Waals surface area contributed by atoms with Crippen molar-refractivity contribution < 1.29 is 13.6 Å². The molecule has 2 aromatic rings. The first-order valence-electron chi connectivity index (χ1n) is 5.56. The largest absolute Gasteiger partial charge is 0.448 e. The van der Waals surface area contributed by atoms with Crippen molar-refractivity contribution in [3.05, 3.63) is 53.5 Å². The topological polar surface area (TPSA) is 55.1 Å². The van der Waals surface area contributed by atoms with Crippen LogP contribution < -0.4 is 5.32 Å². The maximum atomic E-state index is 13.3. The van der Waals surface area contributed by atoms with E-state index in [-0.39, 0.29) is 24.7 Å². The maximum Gasteiger partial charge on any atom is 0.227 e. The van der Waals surface area contributed by atoms with Gasteiger partial charge < -0.3 is 9.73 Å². The molecule has 0 aliphatic rings. The van der Waals surface area contributed by atoms with Crippen LogP contribution in [0.5, 0.6) is 0 Å². The number of amides is 1. The zero-order valence-electron chi connectivity index (χ0n) is 9.94. The quantitative estimate of drug-likeness (QED) is 0.900. The van der Waals surface area contributed by atoms with Gasteiger partial charge in [0, 0.05) is 12.1 Å². The third kappa shape index (κ3) is 2.94. The lowest BCUT2D eigenvalue weighted by molar-refractivity contribution is -0.120. The molecule has 0 fully saturated rings. The van der Waals surface area contributed by atoms with Crippen molar-refractivity contribution in [2.45, 2.75) is 19.9 Å². The van der Waals surface area contributed by atoms with Gasteiger partial charge in [0.15, 0.2) is 6.39 Å². The molecule has 0 bridgehead atoms. The van der Waals surface area contributed by atoms with E-state index in [0.29, 0.717) is 17.0 Å². The monoisotopic (exact) mass is 248 g/mol. The molecule has 0 radical (unpaired) electrons. The number of hydrogen-bond donors (Lipinski definition) is 1. The minimum absolute atomic E-state index is 0.111. The van der Waals surface area contributed by atoms with Gasteiger partial charge in [-0.05, 0) is 13.0 Å². The Balaban J connectivity index is 1.90. The molecule has 2 rings (SSSR count). The Morgan fingerprint density at radius 2 is 2.22 bits per heavy atom. The van der Waals surface area contributed by atoms with E-state index >= 15 is 0 Å². The van der Waals surface area contributed by atoms with Crippen LogP contribution in [-0.2, 0) is 17.8 Å². The highest BCUT2D eigenvalue weighted by Crippen LogP contribution is 2.07. The summed E-state index contributed by atoms with van der Waals surface area (Å²) < 4.78 is 18.4. The molecule has 1 aromatic heterocycles. The molecule has 0 spiro atoms. The molecule has 0 atom stereocenters. The molecule has 5 heteroatoms. The summed E-state index contributed by atoms with van der Waals surface area (Å²) in [5.41, 5.74) is 1.15. The molecule has 1 amide bonds. The molecule has 18 heavy (non-hydrogen) atoms. The first kappa shape index (κ1) is 12.3. The Bertz CT molecular complexity index is 551. The van der Waals surface area contributed by atoms with Crippen molar-refractivity contribution >= 4 is 5.91 Å². The SMILES string of the molecule is Cc1ncoc1CC(=O)NCc1ccccc1F. The number of halogens is 1. The summed E-state index contributed by atoms with van der Waals surface area (Å²) in [5, 5.41) is 2.64. The van der Waals surface area contributed by atoms with Gasteiger partial charge >= 0.3 is 0 Å². The number of nitrogens with one attached hydrogen (secondary N) is 1. The van der Waals surface area contributed by atoms with Gasteiger partial charge in [0.25, 0.3) is 0 Å². The highest BCUT2D eigenvalue weighted by molar-refractivity contribution is 5.78. The van der Waals surface area contributed by atoms with Gasteiger partial charge in [-0.2, -0.15) is 0 Å². The molecular formula is C13H13FN2O2. The predicted molar refractivity (Wildman–Crippen MR) is 63.2 cm³/mol. The summed E-state index contributed by atoms with van der Waals surface area (Å²) in [6, 6.07) is 6.33. The molecule has 1 heterocycles. The Morgan fingerprint density at radius 1 is 1.44 bits per heavy atom. The van der Waals surface area contributed by atoms with Crippen molar-refractivity contribution in [3.8, 4) is 0 Å². The summed E-state index contributed by atoms with van der Waals surface area (Å²) in [6.07, 6.45) is 1.41. The Labute approximate surface area is 104 Å². The van der Waals surface area contributed by atoms with E-state index in [1.807, 2.05) is 0 Å². The minimum atomic E-state index is -0.325. The molecule has 0 saturated heterocycles. The number of rotatable bonds is 4. The fourth-order valence-corrected chi connectivity index (χ4v) is 1.54. The normalized spacial score (nSPS) is 10.3. The van der Waals surface area contributed by atoms with Gasteiger partial charge in [-0.3, -0.25) is 4.79 Å². The number of nitrogens with zero attached hydrogens (tertiary/aromatic N) is 1. The first-order valence-corrected chi connectivity index (χ1v) is 5.56. The van der Waals surface area contributed by atoms with Gasteiger partial charge in [0.05, 0.1) is 12.1 Å². The number of aromatic nitrogens is 1. The lowest BCUT2D eigenvalue weighted by atomic mass is 10.2. The lowest BCUT2D eigenvalue weighted by Gasteiger charge is -2.05. The van der Waals surface area contributed by atoms with Crippen molar-refractivity contribution in [1.82, 2.24) is 10.3 Å². The van der Waals surface area contributed by atoms with Crippen LogP contribution in [0, 0.1) is 12.7 Å². The van der Waals surface area contributed by atoms with Crippen LogP contribution in [0.4, 0.5) is 4.39 Å². The summed E-state index contributed by atoms with van der Waals surface area (Å²) >= 11 is 0. The molecule has 0 aliphatic heterocycles. The molecule has 0 saturated carbocycles. The van der Waals surface area contributed by atoms with Crippen LogP contribution >= 0.6 is 0 Å². The highest BCUT2D eigenvalue weighted by atomic mass is 19.1. The number of carbonyl (C=O) groups excluding carboxylic acids is 1. The van der Waals surface area contributed by atoms with Crippen LogP contribution in [-0.4, -0.2) is 10.9 Å². The average molecular weight is 248 g/mol. The summed E-state index contributed by atoms with van der Waals surface area (Å²) in [7, 11) is 0. The Kier molecular flexibility index (Phi) is 3.72. The Morgan fingerprint density at radius 3 is 2.89 bits per heavy atom. The second-order valence-electron chi connectivity index (χ2n) is 3.91. The van der Waals surface area contributed by atoms with Crippen LogP contribution in [0.25, 0.3) is 0 Å². The summed E-state index contributed by atoms with van der Waals surface area (Å²) in [5.74, 6) is -0.0206. The number of oxazole rings is 1. The lowest BCUT2D eigenvalue weighted by Crippen LogP contribution is -2.25. The van der Waals surface area contributed by atoms with Crippen molar-refractivity contribution in [2.24, 2.45) is 0 Å². The molecule has 4 nitrogen and oxygen atoms in total. The second-order valence-corrected chi connectivity index (χ2v) is 3.91. The van der Waals surface area contributed by atoms with Crippen molar-refractivity contribution in [3.63, 3.8) is 0 Å². The number of carbonyl (C=O) groups is 1. The van der Waals surface area contributed by atoms with E-state index in [1.54, 1.807) is 25.1 Å². The van der Waals surface area contributed by atoms with Crippen molar-refractivity contribution in [1.29, 1.82) is 0 Å². The first-order chi connectivity index (χ1) is 8.66. The standard InChI is InChI=1S/C13H13FN2O2/c1-9-12(18-8-16-9)6-13(17)15-7-10-4-2-3-5-11(10)14/h2-5,8H,6-7H2,1H3,(H,15,17). The van der Waals surface area contributed by atoms with Gasteiger partial charge in [-0.25, -0.2) is 9.37 Å². The van der Waals surface area contributed by atoms with E-state index in [9.17, 15) is 9.18 Å². The molecule has 1 aromatic carbocycles. The number of hydrogen-bond acceptors (Lipinski definition) is 3. The van der Waals surface area contributed by atoms with Crippen LogP contribution in [0.3, 0.4) is 0 Å². The second kappa shape index (κ2) is 5.44. The van der Waals surface area contributed by atoms with E-state index in [4.69, 9.17) is 4.42 Å². The number of aryl methyl sites for hydroxylation is 1.